The third-order valence-electron chi connectivity index (χ3n) is 8.69. The Morgan fingerprint density at radius 3 is 2.62 bits per heavy atom. The van der Waals surface area contributed by atoms with Crippen LogP contribution < -0.4 is 0 Å². The highest BCUT2D eigenvalue weighted by Crippen LogP contribution is 2.38. The van der Waals surface area contributed by atoms with E-state index >= 15 is 0 Å². The lowest BCUT2D eigenvalue weighted by atomic mass is 9.96. The molecule has 0 spiro atoms. The van der Waals surface area contributed by atoms with Crippen LogP contribution in [0.25, 0.3) is 21.1 Å². The summed E-state index contributed by atoms with van der Waals surface area (Å²) in [5.74, 6) is 0.793. The molecule has 5 aromatic rings. The van der Waals surface area contributed by atoms with Crippen LogP contribution in [0.4, 0.5) is 0 Å². The van der Waals surface area contributed by atoms with Crippen molar-refractivity contribution in [2.45, 2.75) is 71.0 Å². The molecule has 5 nitrogen and oxygen atoms in total. The van der Waals surface area contributed by atoms with Crippen LogP contribution in [0.2, 0.25) is 5.02 Å². The normalized spacial score (nSPS) is 16.7. The summed E-state index contributed by atoms with van der Waals surface area (Å²) in [5.41, 5.74) is 4.49. The zero-order valence-corrected chi connectivity index (χ0v) is 26.1. The Balaban J connectivity index is 1.42. The number of fused-ring (bicyclic) bond motifs is 2. The van der Waals surface area contributed by atoms with Crippen molar-refractivity contribution < 1.29 is 4.79 Å². The molecule has 2 atom stereocenters. The number of unbranched alkanes of at least 4 members (excludes halogenated alkanes) is 1. The highest BCUT2D eigenvalue weighted by atomic mass is 35.5. The Hall–Kier alpha value is -3.19. The van der Waals surface area contributed by atoms with Crippen molar-refractivity contribution in [2.75, 3.05) is 13.1 Å². The first kappa shape index (κ1) is 28.9. The Kier molecular flexibility index (Phi) is 8.94. The molecule has 2 aromatic heterocycles. The quantitative estimate of drug-likeness (QED) is 0.174. The smallest absolute Gasteiger partial charge is 0.266 e. The summed E-state index contributed by atoms with van der Waals surface area (Å²) in [4.78, 5) is 28.4. The zero-order valence-electron chi connectivity index (χ0n) is 24.5. The van der Waals surface area contributed by atoms with Crippen molar-refractivity contribution in [1.29, 1.82) is 0 Å². The maximum Gasteiger partial charge on any atom is 0.266 e. The van der Waals surface area contributed by atoms with Gasteiger partial charge in [-0.15, -0.1) is 11.3 Å². The largest absolute Gasteiger partial charge is 0.340 e. The van der Waals surface area contributed by atoms with Gasteiger partial charge in [-0.2, -0.15) is 0 Å². The lowest BCUT2D eigenvalue weighted by molar-refractivity contribution is 0.0668. The number of rotatable bonds is 10. The minimum atomic E-state index is -0.266. The van der Waals surface area contributed by atoms with E-state index in [1.165, 1.54) is 41.7 Å². The second-order valence-electron chi connectivity index (χ2n) is 11.5. The van der Waals surface area contributed by atoms with Gasteiger partial charge in [0.15, 0.2) is 0 Å². The van der Waals surface area contributed by atoms with Crippen molar-refractivity contribution in [3.05, 3.63) is 99.6 Å². The number of likely N-dealkylation sites (tertiary alicyclic amines) is 1. The Morgan fingerprint density at radius 2 is 1.83 bits per heavy atom. The molecule has 3 aromatic carbocycles. The second-order valence-corrected chi connectivity index (χ2v) is 13.0. The number of para-hydroxylation sites is 2. The fourth-order valence-corrected chi connectivity index (χ4v) is 7.69. The number of hydrogen-bond donors (Lipinski definition) is 1. The summed E-state index contributed by atoms with van der Waals surface area (Å²) < 4.78 is 1.03. The highest BCUT2D eigenvalue weighted by molar-refractivity contribution is 7.21. The number of hydrogen-bond acceptors (Lipinski definition) is 4. The summed E-state index contributed by atoms with van der Waals surface area (Å²) >= 11 is 8.37. The van der Waals surface area contributed by atoms with E-state index in [-0.39, 0.29) is 11.9 Å². The van der Waals surface area contributed by atoms with E-state index in [9.17, 15) is 4.79 Å². The number of imidazole rings is 1. The molecule has 1 amide bonds. The Bertz CT molecular complexity index is 1640. The van der Waals surface area contributed by atoms with Crippen LogP contribution in [0.1, 0.15) is 78.6 Å². The summed E-state index contributed by atoms with van der Waals surface area (Å²) in [6, 6.07) is 25.2. The number of halogens is 1. The second kappa shape index (κ2) is 13.0. The van der Waals surface area contributed by atoms with E-state index in [1.54, 1.807) is 0 Å². The van der Waals surface area contributed by atoms with Gasteiger partial charge in [0.1, 0.15) is 10.7 Å². The van der Waals surface area contributed by atoms with E-state index in [2.05, 4.69) is 54.1 Å². The SMILES string of the molecule is CCCCN(C(=O)c1sc2ccccc2c1Cl)C(Cc1ccccc1CN1CCCCC1C)c1nc2ccccc2[nH]1. The Labute approximate surface area is 257 Å². The van der Waals surface area contributed by atoms with Gasteiger partial charge in [0.25, 0.3) is 5.91 Å². The molecule has 0 aliphatic carbocycles. The van der Waals surface area contributed by atoms with E-state index < -0.39 is 0 Å². The number of thiophene rings is 1. The molecule has 1 aliphatic rings. The monoisotopic (exact) mass is 598 g/mol. The number of aromatic nitrogens is 2. The topological polar surface area (TPSA) is 52.2 Å². The van der Waals surface area contributed by atoms with Crippen molar-refractivity contribution in [2.24, 2.45) is 0 Å². The number of H-pyrrole nitrogens is 1. The predicted octanol–water partition coefficient (Wildman–Crippen LogP) is 9.03. The average molecular weight is 599 g/mol. The van der Waals surface area contributed by atoms with Crippen LogP contribution in [0.5, 0.6) is 0 Å². The number of piperidine rings is 1. The lowest BCUT2D eigenvalue weighted by Crippen LogP contribution is -2.38. The maximum atomic E-state index is 14.5. The van der Waals surface area contributed by atoms with Crippen molar-refractivity contribution >= 4 is 50.0 Å². The van der Waals surface area contributed by atoms with Crippen LogP contribution in [-0.2, 0) is 13.0 Å². The van der Waals surface area contributed by atoms with Gasteiger partial charge in [-0.05, 0) is 62.1 Å². The van der Waals surface area contributed by atoms with Crippen molar-refractivity contribution in [1.82, 2.24) is 19.8 Å². The molecule has 1 aliphatic heterocycles. The van der Waals surface area contributed by atoms with E-state index in [4.69, 9.17) is 16.6 Å². The molecule has 1 fully saturated rings. The van der Waals surface area contributed by atoms with Crippen molar-refractivity contribution in [3.8, 4) is 0 Å². The molecule has 0 saturated carbocycles. The van der Waals surface area contributed by atoms with Crippen LogP contribution in [0.3, 0.4) is 0 Å². The van der Waals surface area contributed by atoms with Gasteiger partial charge in [0.05, 0.1) is 22.1 Å². The summed E-state index contributed by atoms with van der Waals surface area (Å²) in [5, 5.41) is 1.48. The standard InChI is InChI=1S/C35H39ClN4OS/c1-3-4-21-40(35(41)33-32(36)27-16-7-10-19-31(27)42-33)30(34-37-28-17-8-9-18-29(28)38-34)22-25-14-5-6-15-26(25)23-39-20-12-11-13-24(39)2/h5-10,14-19,24,30H,3-4,11-13,20-23H2,1-2H3,(H,37,38). The van der Waals surface area contributed by atoms with E-state index in [0.717, 1.165) is 52.9 Å². The highest BCUT2D eigenvalue weighted by Gasteiger charge is 2.32. The summed E-state index contributed by atoms with van der Waals surface area (Å²) in [6.07, 6.45) is 6.37. The van der Waals surface area contributed by atoms with Gasteiger partial charge in [0, 0.05) is 35.6 Å². The van der Waals surface area contributed by atoms with Crippen LogP contribution in [0, 0.1) is 0 Å². The third-order valence-corrected chi connectivity index (χ3v) is 10.4. The van der Waals surface area contributed by atoms with Gasteiger partial charge in [-0.3, -0.25) is 9.69 Å². The first-order valence-corrected chi connectivity index (χ1v) is 16.5. The molecule has 6 rings (SSSR count). The number of nitrogens with zero attached hydrogens (tertiary/aromatic N) is 3. The molecule has 2 unspecified atom stereocenters. The summed E-state index contributed by atoms with van der Waals surface area (Å²) in [6.45, 7) is 7.20. The molecule has 7 heteroatoms. The van der Waals surface area contributed by atoms with Gasteiger partial charge < -0.3 is 9.88 Å². The van der Waals surface area contributed by atoms with Gasteiger partial charge >= 0.3 is 0 Å². The minimum Gasteiger partial charge on any atom is -0.340 e. The lowest BCUT2D eigenvalue weighted by Gasteiger charge is -2.35. The van der Waals surface area contributed by atoms with Crippen molar-refractivity contribution in [3.63, 3.8) is 0 Å². The average Bonchev–Trinajstić information content (AvgIpc) is 3.60. The first-order chi connectivity index (χ1) is 20.5. The maximum absolute atomic E-state index is 14.5. The minimum absolute atomic E-state index is 0.0257. The number of benzene rings is 3. The zero-order chi connectivity index (χ0) is 29.1. The predicted molar refractivity (Wildman–Crippen MR) is 175 cm³/mol. The molecular formula is C35H39ClN4OS. The van der Waals surface area contributed by atoms with Gasteiger partial charge in [-0.1, -0.05) is 86.0 Å². The molecule has 42 heavy (non-hydrogen) atoms. The fourth-order valence-electron chi connectivity index (χ4n) is 6.22. The van der Waals surface area contributed by atoms with E-state index in [0.29, 0.717) is 28.9 Å². The molecule has 218 valence electrons. The molecule has 3 heterocycles. The molecular weight excluding hydrogens is 560 g/mol. The number of aromatic amines is 1. The van der Waals surface area contributed by atoms with Gasteiger partial charge in [-0.25, -0.2) is 4.98 Å². The molecule has 0 bridgehead atoms. The first-order valence-electron chi connectivity index (χ1n) is 15.3. The van der Waals surface area contributed by atoms with Gasteiger partial charge in [0.2, 0.25) is 0 Å². The molecule has 0 radical (unpaired) electrons. The Morgan fingerprint density at radius 1 is 1.07 bits per heavy atom. The van der Waals surface area contributed by atoms with Crippen LogP contribution in [0.15, 0.2) is 72.8 Å². The number of amides is 1. The van der Waals surface area contributed by atoms with Crippen LogP contribution >= 0.6 is 22.9 Å². The van der Waals surface area contributed by atoms with Crippen LogP contribution in [-0.4, -0.2) is 44.8 Å². The summed E-state index contributed by atoms with van der Waals surface area (Å²) in [7, 11) is 0. The number of carbonyl (C=O) groups excluding carboxylic acids is 1. The number of carbonyl (C=O) groups is 1. The number of nitrogens with one attached hydrogen (secondary N) is 1. The third kappa shape index (κ3) is 5.98. The van der Waals surface area contributed by atoms with E-state index in [1.807, 2.05) is 47.4 Å². The fraction of sp³-hybridized carbons (Fsp3) is 0.371. The molecule has 1 saturated heterocycles. The molecule has 1 N–H and O–H groups in total.